The van der Waals surface area contributed by atoms with Gasteiger partial charge in [-0.15, -0.1) is 0 Å². The quantitative estimate of drug-likeness (QED) is 0.608. The Kier molecular flexibility index (Phi) is 5.77. The number of carbonyl (C=O) groups is 1. The summed E-state index contributed by atoms with van der Waals surface area (Å²) in [6.07, 6.45) is 0. The maximum Gasteiger partial charge on any atom is 0.271 e. The molecule has 0 radical (unpaired) electrons. The Bertz CT molecular complexity index is 533. The molecule has 0 saturated heterocycles. The van der Waals surface area contributed by atoms with E-state index >= 15 is 0 Å². The molecular formula is C13H16Cl2N2O3. The van der Waals surface area contributed by atoms with Crippen LogP contribution in [0.15, 0.2) is 12.1 Å². The van der Waals surface area contributed by atoms with Crippen LogP contribution in [0.1, 0.15) is 31.1 Å². The Labute approximate surface area is 127 Å². The molecule has 1 aromatic rings. The molecule has 7 heteroatoms. The number of nitro groups is 1. The molecular weight excluding hydrogens is 303 g/mol. The van der Waals surface area contributed by atoms with E-state index in [1.165, 1.54) is 6.07 Å². The van der Waals surface area contributed by atoms with E-state index in [2.05, 4.69) is 0 Å². The van der Waals surface area contributed by atoms with Gasteiger partial charge in [0.05, 0.1) is 20.5 Å². The Morgan fingerprint density at radius 2 is 2.00 bits per heavy atom. The van der Waals surface area contributed by atoms with Gasteiger partial charge in [0, 0.05) is 25.2 Å². The Morgan fingerprint density at radius 3 is 2.45 bits per heavy atom. The summed E-state index contributed by atoms with van der Waals surface area (Å²) in [6.45, 7) is 6.85. The number of rotatable bonds is 5. The third-order valence-corrected chi connectivity index (χ3v) is 3.51. The topological polar surface area (TPSA) is 63.5 Å². The van der Waals surface area contributed by atoms with Gasteiger partial charge in [0.1, 0.15) is 0 Å². The lowest BCUT2D eigenvalue weighted by Gasteiger charge is -2.23. The second-order valence-corrected chi connectivity index (χ2v) is 5.57. The molecule has 0 unspecified atom stereocenters. The Balaban J connectivity index is 3.23. The highest BCUT2D eigenvalue weighted by Gasteiger charge is 2.23. The van der Waals surface area contributed by atoms with E-state index in [9.17, 15) is 14.9 Å². The molecule has 20 heavy (non-hydrogen) atoms. The first-order valence-corrected chi connectivity index (χ1v) is 6.96. The standard InChI is InChI=1S/C13H16Cl2N2O3/c1-4-16(7-8(2)3)13(18)10-5-9(17(19)20)6-11(14)12(10)15/h5-6,8H,4,7H2,1-3H3. The van der Waals surface area contributed by atoms with Crippen LogP contribution in [0.25, 0.3) is 0 Å². The summed E-state index contributed by atoms with van der Waals surface area (Å²) in [7, 11) is 0. The number of halogens is 2. The molecule has 110 valence electrons. The fourth-order valence-corrected chi connectivity index (χ4v) is 2.21. The minimum atomic E-state index is -0.599. The van der Waals surface area contributed by atoms with Crippen molar-refractivity contribution in [1.29, 1.82) is 0 Å². The third-order valence-electron chi connectivity index (χ3n) is 2.71. The zero-order valence-corrected chi connectivity index (χ0v) is 13.0. The molecule has 0 fully saturated rings. The summed E-state index contributed by atoms with van der Waals surface area (Å²) >= 11 is 11.9. The van der Waals surface area contributed by atoms with Crippen LogP contribution in [-0.2, 0) is 0 Å². The van der Waals surface area contributed by atoms with E-state index in [1.807, 2.05) is 20.8 Å². The minimum absolute atomic E-state index is 0.00446. The van der Waals surface area contributed by atoms with Crippen LogP contribution < -0.4 is 0 Å². The van der Waals surface area contributed by atoms with Gasteiger partial charge in [0.2, 0.25) is 0 Å². The van der Waals surface area contributed by atoms with Gasteiger partial charge in [-0.2, -0.15) is 0 Å². The van der Waals surface area contributed by atoms with Crippen molar-refractivity contribution in [2.24, 2.45) is 5.92 Å². The van der Waals surface area contributed by atoms with Crippen LogP contribution >= 0.6 is 23.2 Å². The van der Waals surface area contributed by atoms with Crippen LogP contribution in [0.2, 0.25) is 10.0 Å². The molecule has 0 aromatic heterocycles. The predicted molar refractivity (Wildman–Crippen MR) is 79.5 cm³/mol. The highest BCUT2D eigenvalue weighted by atomic mass is 35.5. The van der Waals surface area contributed by atoms with Crippen LogP contribution in [0, 0.1) is 16.0 Å². The molecule has 0 spiro atoms. The van der Waals surface area contributed by atoms with E-state index < -0.39 is 4.92 Å². The first-order chi connectivity index (χ1) is 9.27. The van der Waals surface area contributed by atoms with E-state index in [0.717, 1.165) is 6.07 Å². The van der Waals surface area contributed by atoms with Gasteiger partial charge in [0.15, 0.2) is 0 Å². The Morgan fingerprint density at radius 1 is 1.40 bits per heavy atom. The molecule has 1 amide bonds. The number of carbonyl (C=O) groups excluding carboxylic acids is 1. The first kappa shape index (κ1) is 16.7. The molecule has 0 N–H and O–H groups in total. The summed E-state index contributed by atoms with van der Waals surface area (Å²) in [5.74, 6) is -0.0661. The first-order valence-electron chi connectivity index (χ1n) is 6.20. The molecule has 0 saturated carbocycles. The number of benzene rings is 1. The van der Waals surface area contributed by atoms with Gasteiger partial charge < -0.3 is 4.90 Å². The van der Waals surface area contributed by atoms with E-state index in [1.54, 1.807) is 4.90 Å². The summed E-state index contributed by atoms with van der Waals surface area (Å²) in [5.41, 5.74) is -0.184. The number of hydrogen-bond acceptors (Lipinski definition) is 3. The van der Waals surface area contributed by atoms with E-state index in [-0.39, 0.29) is 33.1 Å². The second kappa shape index (κ2) is 6.90. The van der Waals surface area contributed by atoms with Crippen molar-refractivity contribution in [3.05, 3.63) is 37.9 Å². The monoisotopic (exact) mass is 318 g/mol. The van der Waals surface area contributed by atoms with Crippen molar-refractivity contribution < 1.29 is 9.72 Å². The average molecular weight is 319 g/mol. The molecule has 1 aromatic carbocycles. The maximum absolute atomic E-state index is 12.4. The second-order valence-electron chi connectivity index (χ2n) is 4.78. The largest absolute Gasteiger partial charge is 0.339 e. The summed E-state index contributed by atoms with van der Waals surface area (Å²) < 4.78 is 0. The highest BCUT2D eigenvalue weighted by molar-refractivity contribution is 6.44. The smallest absolute Gasteiger partial charge is 0.271 e. The van der Waals surface area contributed by atoms with E-state index in [4.69, 9.17) is 23.2 Å². The van der Waals surface area contributed by atoms with Crippen molar-refractivity contribution in [3.8, 4) is 0 Å². The van der Waals surface area contributed by atoms with Crippen LogP contribution in [0.5, 0.6) is 0 Å². The normalized spacial score (nSPS) is 10.7. The molecule has 0 bridgehead atoms. The molecule has 1 rings (SSSR count). The highest BCUT2D eigenvalue weighted by Crippen LogP contribution is 2.31. The average Bonchev–Trinajstić information content (AvgIpc) is 2.37. The number of nitro benzene ring substituents is 1. The predicted octanol–water partition coefficient (Wildman–Crippen LogP) is 4.02. The number of amides is 1. The zero-order chi connectivity index (χ0) is 15.4. The number of non-ortho nitro benzene ring substituents is 1. The Hall–Kier alpha value is -1.33. The molecule has 0 heterocycles. The van der Waals surface area contributed by atoms with Crippen molar-refractivity contribution >= 4 is 34.8 Å². The summed E-state index contributed by atoms with van der Waals surface area (Å²) in [4.78, 5) is 24.2. The van der Waals surface area contributed by atoms with Crippen LogP contribution in [-0.4, -0.2) is 28.8 Å². The van der Waals surface area contributed by atoms with Crippen LogP contribution in [0.4, 0.5) is 5.69 Å². The molecule has 0 aliphatic carbocycles. The fourth-order valence-electron chi connectivity index (χ4n) is 1.80. The van der Waals surface area contributed by atoms with E-state index in [0.29, 0.717) is 13.1 Å². The lowest BCUT2D eigenvalue weighted by Crippen LogP contribution is -2.34. The van der Waals surface area contributed by atoms with Gasteiger partial charge in [-0.3, -0.25) is 14.9 Å². The van der Waals surface area contributed by atoms with Gasteiger partial charge in [0.25, 0.3) is 11.6 Å². The van der Waals surface area contributed by atoms with Crippen LogP contribution in [0.3, 0.4) is 0 Å². The third kappa shape index (κ3) is 3.84. The zero-order valence-electron chi connectivity index (χ0n) is 11.5. The minimum Gasteiger partial charge on any atom is -0.339 e. The van der Waals surface area contributed by atoms with Crippen molar-refractivity contribution in [2.75, 3.05) is 13.1 Å². The molecule has 0 atom stereocenters. The van der Waals surface area contributed by atoms with Gasteiger partial charge in [-0.25, -0.2) is 0 Å². The fraction of sp³-hybridized carbons (Fsp3) is 0.462. The van der Waals surface area contributed by atoms with Crippen molar-refractivity contribution in [2.45, 2.75) is 20.8 Å². The summed E-state index contributed by atoms with van der Waals surface area (Å²) in [6, 6.07) is 2.30. The van der Waals surface area contributed by atoms with Crippen molar-refractivity contribution in [3.63, 3.8) is 0 Å². The lowest BCUT2D eigenvalue weighted by atomic mass is 10.1. The number of nitrogens with zero attached hydrogens (tertiary/aromatic N) is 2. The van der Waals surface area contributed by atoms with Gasteiger partial charge in [-0.1, -0.05) is 37.0 Å². The lowest BCUT2D eigenvalue weighted by molar-refractivity contribution is -0.384. The van der Waals surface area contributed by atoms with Crippen molar-refractivity contribution in [1.82, 2.24) is 4.90 Å². The van der Waals surface area contributed by atoms with Gasteiger partial charge in [-0.05, 0) is 12.8 Å². The molecule has 5 nitrogen and oxygen atoms in total. The molecule has 0 aliphatic heterocycles. The molecule has 0 aliphatic rings. The maximum atomic E-state index is 12.4. The summed E-state index contributed by atoms with van der Waals surface area (Å²) in [5, 5.41) is 10.9. The van der Waals surface area contributed by atoms with Gasteiger partial charge >= 0.3 is 0 Å². The number of hydrogen-bond donors (Lipinski definition) is 0. The SMILES string of the molecule is CCN(CC(C)C)C(=O)c1cc([N+](=O)[O-])cc(Cl)c1Cl.